The van der Waals surface area contributed by atoms with Gasteiger partial charge in [-0.2, -0.15) is 5.26 Å². The Morgan fingerprint density at radius 2 is 1.84 bits per heavy atom. The molecule has 0 unspecified atom stereocenters. The zero-order chi connectivity index (χ0) is 18.0. The average molecular weight is 326 g/mol. The lowest BCUT2D eigenvalue weighted by atomic mass is 10.0. The summed E-state index contributed by atoms with van der Waals surface area (Å²) < 4.78 is 1.85. The number of rotatable bonds is 1. The van der Waals surface area contributed by atoms with E-state index in [4.69, 9.17) is 0 Å². The molecule has 122 valence electrons. The second-order valence-electron chi connectivity index (χ2n) is 5.99. The first-order valence-corrected chi connectivity index (χ1v) is 7.99. The van der Waals surface area contributed by atoms with Crippen molar-refractivity contribution in [2.75, 3.05) is 0 Å². The van der Waals surface area contributed by atoms with E-state index in [1.807, 2.05) is 42.8 Å². The molecule has 0 spiro atoms. The summed E-state index contributed by atoms with van der Waals surface area (Å²) in [6.07, 6.45) is 1.76. The minimum Gasteiger partial charge on any atom is -0.319 e. The maximum absolute atomic E-state index is 9.44. The minimum atomic E-state index is 0.360. The van der Waals surface area contributed by atoms with Gasteiger partial charge in [-0.1, -0.05) is 18.1 Å². The predicted molar refractivity (Wildman–Crippen MR) is 97.8 cm³/mol. The van der Waals surface area contributed by atoms with Crippen molar-refractivity contribution in [1.29, 1.82) is 5.26 Å². The monoisotopic (exact) mass is 326 g/mol. The van der Waals surface area contributed by atoms with E-state index in [0.29, 0.717) is 11.5 Å². The van der Waals surface area contributed by atoms with Crippen molar-refractivity contribution in [3.05, 3.63) is 70.4 Å². The van der Waals surface area contributed by atoms with Crippen LogP contribution in [0.15, 0.2) is 36.5 Å². The lowest BCUT2D eigenvalue weighted by molar-refractivity contribution is 0.900. The molecular formula is C21H18N4. The lowest BCUT2D eigenvalue weighted by Crippen LogP contribution is -1.97. The highest BCUT2D eigenvalue weighted by molar-refractivity contribution is 5.66. The molecule has 0 bridgehead atoms. The Hall–Kier alpha value is -3.37. The second kappa shape index (κ2) is 6.63. The van der Waals surface area contributed by atoms with E-state index < -0.39 is 0 Å². The third kappa shape index (κ3) is 3.16. The van der Waals surface area contributed by atoms with Gasteiger partial charge in [0.05, 0.1) is 5.69 Å². The molecule has 4 nitrogen and oxygen atoms in total. The van der Waals surface area contributed by atoms with Crippen LogP contribution in [0.4, 0.5) is 0 Å². The number of pyridine rings is 1. The molecule has 2 heterocycles. The van der Waals surface area contributed by atoms with Gasteiger partial charge >= 0.3 is 0 Å². The third-order valence-corrected chi connectivity index (χ3v) is 4.30. The maximum Gasteiger partial charge on any atom is 0.187 e. The molecule has 0 amide bonds. The topological polar surface area (TPSA) is 54.5 Å². The van der Waals surface area contributed by atoms with Crippen molar-refractivity contribution in [1.82, 2.24) is 14.5 Å². The molecule has 4 heteroatoms. The molecule has 25 heavy (non-hydrogen) atoms. The first-order valence-electron chi connectivity index (χ1n) is 7.99. The summed E-state index contributed by atoms with van der Waals surface area (Å²) in [5.41, 5.74) is 6.22. The van der Waals surface area contributed by atoms with Crippen LogP contribution in [0, 0.1) is 43.9 Å². The van der Waals surface area contributed by atoms with E-state index in [-0.39, 0.29) is 0 Å². The van der Waals surface area contributed by atoms with Crippen LogP contribution in [-0.2, 0) is 7.05 Å². The Morgan fingerprint density at radius 3 is 2.52 bits per heavy atom. The standard InChI is InChI=1S/C21H18N4/c1-14-6-5-7-17(16(14)3)10-11-20-24-19(12-22)21(25(20)4)18-9-8-15(2)23-13-18/h5-9,13H,1-4H3. The molecule has 0 aliphatic rings. The van der Waals surface area contributed by atoms with Crippen molar-refractivity contribution in [2.45, 2.75) is 20.8 Å². The normalized spacial score (nSPS) is 10.0. The molecule has 0 saturated heterocycles. The molecule has 0 aliphatic carbocycles. The molecule has 3 aromatic rings. The van der Waals surface area contributed by atoms with Gasteiger partial charge in [-0.3, -0.25) is 4.98 Å². The van der Waals surface area contributed by atoms with Crippen molar-refractivity contribution in [3.63, 3.8) is 0 Å². The summed E-state index contributed by atoms with van der Waals surface area (Å²) in [7, 11) is 1.87. The van der Waals surface area contributed by atoms with Gasteiger partial charge in [0.15, 0.2) is 11.5 Å². The Balaban J connectivity index is 2.08. The van der Waals surface area contributed by atoms with Crippen LogP contribution in [0.5, 0.6) is 0 Å². The largest absolute Gasteiger partial charge is 0.319 e. The number of aryl methyl sites for hydroxylation is 2. The third-order valence-electron chi connectivity index (χ3n) is 4.30. The Bertz CT molecular complexity index is 1040. The Labute approximate surface area is 147 Å². The molecule has 0 N–H and O–H groups in total. The molecule has 0 radical (unpaired) electrons. The number of aromatic nitrogens is 3. The molecule has 0 fully saturated rings. The minimum absolute atomic E-state index is 0.360. The lowest BCUT2D eigenvalue weighted by Gasteiger charge is -2.04. The van der Waals surface area contributed by atoms with Crippen molar-refractivity contribution < 1.29 is 0 Å². The van der Waals surface area contributed by atoms with Gasteiger partial charge < -0.3 is 4.57 Å². The molecule has 0 aliphatic heterocycles. The second-order valence-corrected chi connectivity index (χ2v) is 5.99. The van der Waals surface area contributed by atoms with E-state index >= 15 is 0 Å². The summed E-state index contributed by atoms with van der Waals surface area (Å²) >= 11 is 0. The van der Waals surface area contributed by atoms with Gasteiger partial charge in [0.2, 0.25) is 0 Å². The van der Waals surface area contributed by atoms with Crippen LogP contribution in [0.3, 0.4) is 0 Å². The molecule has 1 aromatic carbocycles. The molecule has 2 aromatic heterocycles. The predicted octanol–water partition coefficient (Wildman–Crippen LogP) is 3.68. The van der Waals surface area contributed by atoms with Gasteiger partial charge in [0, 0.05) is 30.1 Å². The summed E-state index contributed by atoms with van der Waals surface area (Å²) in [4.78, 5) is 8.70. The summed E-state index contributed by atoms with van der Waals surface area (Å²) in [5, 5.41) is 9.44. The molecule has 0 saturated carbocycles. The first kappa shape index (κ1) is 16.5. The van der Waals surface area contributed by atoms with Gasteiger partial charge in [0.1, 0.15) is 6.07 Å². The zero-order valence-corrected chi connectivity index (χ0v) is 14.8. The van der Waals surface area contributed by atoms with E-state index in [1.165, 1.54) is 5.56 Å². The number of hydrogen-bond donors (Lipinski definition) is 0. The van der Waals surface area contributed by atoms with Crippen molar-refractivity contribution in [3.8, 4) is 29.2 Å². The first-order chi connectivity index (χ1) is 12.0. The summed E-state index contributed by atoms with van der Waals surface area (Å²) in [5.74, 6) is 6.84. The smallest absolute Gasteiger partial charge is 0.187 e. The van der Waals surface area contributed by atoms with Crippen molar-refractivity contribution >= 4 is 0 Å². The number of nitriles is 1. The molecule has 3 rings (SSSR count). The van der Waals surface area contributed by atoms with Crippen LogP contribution in [0.25, 0.3) is 11.3 Å². The number of imidazole rings is 1. The fraction of sp³-hybridized carbons (Fsp3) is 0.190. The molecular weight excluding hydrogens is 308 g/mol. The van der Waals surface area contributed by atoms with Crippen molar-refractivity contribution in [2.24, 2.45) is 7.05 Å². The molecule has 0 atom stereocenters. The average Bonchev–Trinajstić information content (AvgIpc) is 2.93. The summed E-state index contributed by atoms with van der Waals surface area (Å²) in [6.45, 7) is 6.05. The van der Waals surface area contributed by atoms with E-state index in [9.17, 15) is 5.26 Å². The van der Waals surface area contributed by atoms with Gasteiger partial charge in [-0.05, 0) is 56.0 Å². The van der Waals surface area contributed by atoms with Crippen LogP contribution in [-0.4, -0.2) is 14.5 Å². The highest BCUT2D eigenvalue weighted by Gasteiger charge is 2.15. The fourth-order valence-corrected chi connectivity index (χ4v) is 2.64. The van der Waals surface area contributed by atoms with Crippen LogP contribution < -0.4 is 0 Å². The van der Waals surface area contributed by atoms with Crippen LogP contribution in [0.1, 0.15) is 33.9 Å². The fourth-order valence-electron chi connectivity index (χ4n) is 2.64. The maximum atomic E-state index is 9.44. The van der Waals surface area contributed by atoms with E-state index in [1.54, 1.807) is 6.20 Å². The highest BCUT2D eigenvalue weighted by Crippen LogP contribution is 2.23. The van der Waals surface area contributed by atoms with Gasteiger partial charge in [-0.25, -0.2) is 4.98 Å². The zero-order valence-electron chi connectivity index (χ0n) is 14.8. The van der Waals surface area contributed by atoms with Gasteiger partial charge in [0.25, 0.3) is 0 Å². The van der Waals surface area contributed by atoms with Crippen LogP contribution >= 0.6 is 0 Å². The summed E-state index contributed by atoms with van der Waals surface area (Å²) in [6, 6.07) is 12.1. The SMILES string of the molecule is Cc1ccc(-c2c(C#N)nc(C#Cc3cccc(C)c3C)n2C)cn1. The highest BCUT2D eigenvalue weighted by atomic mass is 15.1. The Morgan fingerprint density at radius 1 is 1.04 bits per heavy atom. The quantitative estimate of drug-likeness (QED) is 0.641. The number of benzene rings is 1. The Kier molecular flexibility index (Phi) is 4.37. The van der Waals surface area contributed by atoms with Gasteiger partial charge in [-0.15, -0.1) is 0 Å². The number of nitrogens with zero attached hydrogens (tertiary/aromatic N) is 4. The van der Waals surface area contributed by atoms with E-state index in [0.717, 1.165) is 28.1 Å². The van der Waals surface area contributed by atoms with E-state index in [2.05, 4.69) is 47.8 Å². The van der Waals surface area contributed by atoms with Crippen LogP contribution in [0.2, 0.25) is 0 Å². The number of hydrogen-bond acceptors (Lipinski definition) is 3.